The predicted molar refractivity (Wildman–Crippen MR) is 76.7 cm³/mol. The van der Waals surface area contributed by atoms with Gasteiger partial charge < -0.3 is 5.73 Å². The molecule has 0 aromatic heterocycles. The van der Waals surface area contributed by atoms with E-state index in [9.17, 15) is 4.79 Å². The molecule has 2 nitrogen and oxygen atoms in total. The molecule has 0 radical (unpaired) electrons. The lowest BCUT2D eigenvalue weighted by molar-refractivity contribution is -0.119. The summed E-state index contributed by atoms with van der Waals surface area (Å²) in [7, 11) is -1.34. The van der Waals surface area contributed by atoms with Crippen LogP contribution < -0.4 is 5.73 Å². The van der Waals surface area contributed by atoms with Gasteiger partial charge in [-0.2, -0.15) is 0 Å². The van der Waals surface area contributed by atoms with Crippen LogP contribution in [0, 0.1) is 17.4 Å². The van der Waals surface area contributed by atoms with Crippen LogP contribution in [0.2, 0.25) is 19.6 Å². The van der Waals surface area contributed by atoms with Gasteiger partial charge >= 0.3 is 0 Å². The Hall–Kier alpha value is -1.53. The van der Waals surface area contributed by atoms with Gasteiger partial charge in [0.05, 0.1) is 0 Å². The molecule has 2 N–H and O–H groups in total. The Bertz CT molecular complexity index is 533. The number of rotatable bonds is 2. The van der Waals surface area contributed by atoms with E-state index >= 15 is 0 Å². The Labute approximate surface area is 110 Å². The maximum atomic E-state index is 11.1. The number of hydrogen-bond donors (Lipinski definition) is 1. The minimum absolute atomic E-state index is 0.0326. The van der Waals surface area contributed by atoms with E-state index in [1.165, 1.54) is 5.56 Å². The highest BCUT2D eigenvalue weighted by Crippen LogP contribution is 2.47. The number of carbonyl (C=O) groups is 1. The molecule has 1 aliphatic carbocycles. The Morgan fingerprint density at radius 1 is 1.39 bits per heavy atom. The summed E-state index contributed by atoms with van der Waals surface area (Å²) in [6, 6.07) is 8.20. The highest BCUT2D eigenvalue weighted by Gasteiger charge is 2.42. The van der Waals surface area contributed by atoms with Crippen molar-refractivity contribution in [3.05, 3.63) is 35.4 Å². The Morgan fingerprint density at radius 2 is 2.11 bits per heavy atom. The molecule has 1 aromatic rings. The fraction of sp³-hybridized carbons (Fsp3) is 0.400. The van der Waals surface area contributed by atoms with E-state index in [2.05, 4.69) is 43.2 Å². The molecule has 1 saturated carbocycles. The van der Waals surface area contributed by atoms with E-state index in [0.29, 0.717) is 5.92 Å². The molecule has 1 amide bonds. The van der Waals surface area contributed by atoms with E-state index in [0.717, 1.165) is 12.0 Å². The van der Waals surface area contributed by atoms with Crippen LogP contribution in [0.5, 0.6) is 0 Å². The fourth-order valence-corrected chi connectivity index (χ4v) is 2.50. The van der Waals surface area contributed by atoms with Crippen LogP contribution >= 0.6 is 0 Å². The lowest BCUT2D eigenvalue weighted by atomic mass is 10.1. The molecule has 0 aliphatic heterocycles. The number of carbonyl (C=O) groups excluding carboxylic acids is 1. The predicted octanol–water partition coefficient (Wildman–Crippen LogP) is 2.50. The zero-order chi connectivity index (χ0) is 13.3. The highest BCUT2D eigenvalue weighted by molar-refractivity contribution is 6.83. The second-order valence-corrected chi connectivity index (χ2v) is 10.7. The fourth-order valence-electron chi connectivity index (χ4n) is 1.98. The van der Waals surface area contributed by atoms with Crippen molar-refractivity contribution in [2.45, 2.75) is 32.0 Å². The number of benzene rings is 1. The van der Waals surface area contributed by atoms with Crippen molar-refractivity contribution in [3.8, 4) is 11.5 Å². The maximum absolute atomic E-state index is 11.1. The smallest absolute Gasteiger partial charge is 0.221 e. The summed E-state index contributed by atoms with van der Waals surface area (Å²) in [5.41, 5.74) is 10.9. The first-order chi connectivity index (χ1) is 8.37. The summed E-state index contributed by atoms with van der Waals surface area (Å²) < 4.78 is 0. The standard InChI is InChI=1S/C15H19NOSi/c1-18(2,3)8-7-11-5-4-6-12(9-11)13-10-14(13)15(16)17/h4-6,9,13-14H,10H2,1-3H3,(H2,16,17)/t13-,14+/m1/s1. The summed E-state index contributed by atoms with van der Waals surface area (Å²) in [5, 5.41) is 0. The van der Waals surface area contributed by atoms with Crippen molar-refractivity contribution in [2.24, 2.45) is 11.7 Å². The largest absolute Gasteiger partial charge is 0.369 e. The first kappa shape index (κ1) is 12.9. The van der Waals surface area contributed by atoms with Crippen LogP contribution in [0.3, 0.4) is 0 Å². The van der Waals surface area contributed by atoms with Gasteiger partial charge in [-0.15, -0.1) is 5.54 Å². The molecule has 94 valence electrons. The molecule has 2 rings (SSSR count). The lowest BCUT2D eigenvalue weighted by Crippen LogP contribution is -2.16. The third-order valence-electron chi connectivity index (χ3n) is 3.05. The number of primary amides is 1. The SMILES string of the molecule is C[Si](C)(C)C#Cc1cccc([C@H]2C[C@@H]2C(N)=O)c1. The summed E-state index contributed by atoms with van der Waals surface area (Å²) in [6.07, 6.45) is 0.889. The van der Waals surface area contributed by atoms with Crippen molar-refractivity contribution in [1.29, 1.82) is 0 Å². The molecular weight excluding hydrogens is 238 g/mol. The summed E-state index contributed by atoms with van der Waals surface area (Å²) in [5.74, 6) is 3.41. The molecule has 0 spiro atoms. The Kier molecular flexibility index (Phi) is 3.31. The third-order valence-corrected chi connectivity index (χ3v) is 3.93. The van der Waals surface area contributed by atoms with Crippen LogP contribution in [0.1, 0.15) is 23.5 Å². The molecule has 18 heavy (non-hydrogen) atoms. The average Bonchev–Trinajstić information content (AvgIpc) is 3.06. The van der Waals surface area contributed by atoms with Crippen LogP contribution in [0.4, 0.5) is 0 Å². The molecule has 1 aromatic carbocycles. The van der Waals surface area contributed by atoms with Gasteiger partial charge in [-0.25, -0.2) is 0 Å². The van der Waals surface area contributed by atoms with Gasteiger partial charge in [-0.3, -0.25) is 4.79 Å². The molecule has 1 fully saturated rings. The maximum Gasteiger partial charge on any atom is 0.221 e. The molecule has 0 heterocycles. The summed E-state index contributed by atoms with van der Waals surface area (Å²) in [4.78, 5) is 11.1. The van der Waals surface area contributed by atoms with Gasteiger partial charge in [0.25, 0.3) is 0 Å². The van der Waals surface area contributed by atoms with E-state index in [1.54, 1.807) is 0 Å². The Balaban J connectivity index is 2.16. The van der Waals surface area contributed by atoms with Crippen LogP contribution in [0.25, 0.3) is 0 Å². The average molecular weight is 257 g/mol. The molecule has 0 unspecified atom stereocenters. The van der Waals surface area contributed by atoms with E-state index in [4.69, 9.17) is 5.73 Å². The Morgan fingerprint density at radius 3 is 2.67 bits per heavy atom. The normalized spacial score (nSPS) is 21.9. The second kappa shape index (κ2) is 4.62. The number of amides is 1. The second-order valence-electron chi connectivity index (χ2n) is 5.98. The van der Waals surface area contributed by atoms with Gasteiger partial charge in [0.2, 0.25) is 5.91 Å². The van der Waals surface area contributed by atoms with E-state index in [1.807, 2.05) is 12.1 Å². The third kappa shape index (κ3) is 3.24. The molecule has 3 heteroatoms. The van der Waals surface area contributed by atoms with Crippen molar-refractivity contribution in [2.75, 3.05) is 0 Å². The van der Waals surface area contributed by atoms with Crippen molar-refractivity contribution >= 4 is 14.0 Å². The summed E-state index contributed by atoms with van der Waals surface area (Å²) >= 11 is 0. The zero-order valence-corrected chi connectivity index (χ0v) is 12.2. The van der Waals surface area contributed by atoms with E-state index < -0.39 is 8.07 Å². The minimum Gasteiger partial charge on any atom is -0.369 e. The van der Waals surface area contributed by atoms with Gasteiger partial charge in [-0.1, -0.05) is 37.7 Å². The van der Waals surface area contributed by atoms with Crippen molar-refractivity contribution < 1.29 is 4.79 Å². The molecule has 2 atom stereocenters. The monoisotopic (exact) mass is 257 g/mol. The van der Waals surface area contributed by atoms with Gasteiger partial charge in [0.1, 0.15) is 8.07 Å². The topological polar surface area (TPSA) is 43.1 Å². The number of hydrogen-bond acceptors (Lipinski definition) is 1. The summed E-state index contributed by atoms with van der Waals surface area (Å²) in [6.45, 7) is 6.69. The minimum atomic E-state index is -1.34. The molecule has 0 bridgehead atoms. The van der Waals surface area contributed by atoms with Crippen molar-refractivity contribution in [3.63, 3.8) is 0 Å². The van der Waals surface area contributed by atoms with Gasteiger partial charge in [-0.05, 0) is 30.0 Å². The van der Waals surface area contributed by atoms with Crippen LogP contribution in [0.15, 0.2) is 24.3 Å². The van der Waals surface area contributed by atoms with E-state index in [-0.39, 0.29) is 11.8 Å². The zero-order valence-electron chi connectivity index (χ0n) is 11.2. The highest BCUT2D eigenvalue weighted by atomic mass is 28.3. The van der Waals surface area contributed by atoms with Gasteiger partial charge in [0.15, 0.2) is 0 Å². The van der Waals surface area contributed by atoms with Crippen LogP contribution in [-0.2, 0) is 4.79 Å². The van der Waals surface area contributed by atoms with Crippen molar-refractivity contribution in [1.82, 2.24) is 0 Å². The lowest BCUT2D eigenvalue weighted by Gasteiger charge is -2.04. The first-order valence-electron chi connectivity index (χ1n) is 6.29. The molecule has 0 saturated heterocycles. The quantitative estimate of drug-likeness (QED) is 0.642. The molecule has 1 aliphatic rings. The van der Waals surface area contributed by atoms with Crippen LogP contribution in [-0.4, -0.2) is 14.0 Å². The van der Waals surface area contributed by atoms with Gasteiger partial charge in [0, 0.05) is 11.5 Å². The molecular formula is C15H19NOSi. The number of nitrogens with two attached hydrogens (primary N) is 1. The first-order valence-corrected chi connectivity index (χ1v) is 9.79.